The predicted octanol–water partition coefficient (Wildman–Crippen LogP) is 3.80. The topological polar surface area (TPSA) is 27.1 Å². The van der Waals surface area contributed by atoms with E-state index < -0.39 is 0 Å². The minimum Gasteiger partial charge on any atom is -0.349 e. The summed E-state index contributed by atoms with van der Waals surface area (Å²) in [6, 6.07) is 8.96. The fraction of sp³-hybridized carbons (Fsp3) is 0.562. The Morgan fingerprint density at radius 2 is 1.83 bits per heavy atom. The molecule has 0 aromatic heterocycles. The van der Waals surface area contributed by atoms with Crippen molar-refractivity contribution >= 4 is 5.84 Å². The van der Waals surface area contributed by atoms with Crippen molar-refractivity contribution in [2.45, 2.75) is 52.1 Å². The standard InChI is InChI=1S/C16H22N2/c1-16(2)9-7-13(8-10-16)18-11-12-5-3-4-6-14(12)15(18)17/h3-6,13,17H,7-11H2,1-2H3. The first-order valence-corrected chi connectivity index (χ1v) is 7.00. The molecule has 0 atom stereocenters. The quantitative estimate of drug-likeness (QED) is 0.797. The average Bonchev–Trinajstić information content (AvgIpc) is 2.68. The first kappa shape index (κ1) is 11.8. The summed E-state index contributed by atoms with van der Waals surface area (Å²) in [6.45, 7) is 5.68. The minimum absolute atomic E-state index is 0.505. The minimum atomic E-state index is 0.505. The van der Waals surface area contributed by atoms with Gasteiger partial charge >= 0.3 is 0 Å². The van der Waals surface area contributed by atoms with Gasteiger partial charge in [0.25, 0.3) is 0 Å². The fourth-order valence-electron chi connectivity index (χ4n) is 3.31. The summed E-state index contributed by atoms with van der Waals surface area (Å²) >= 11 is 0. The van der Waals surface area contributed by atoms with Crippen LogP contribution >= 0.6 is 0 Å². The van der Waals surface area contributed by atoms with E-state index in [0.29, 0.717) is 11.5 Å². The predicted molar refractivity (Wildman–Crippen MR) is 74.9 cm³/mol. The third kappa shape index (κ3) is 1.94. The van der Waals surface area contributed by atoms with Gasteiger partial charge in [-0.15, -0.1) is 0 Å². The number of rotatable bonds is 1. The van der Waals surface area contributed by atoms with Gasteiger partial charge in [-0.05, 0) is 36.7 Å². The number of hydrogen-bond donors (Lipinski definition) is 1. The Balaban J connectivity index is 1.75. The lowest BCUT2D eigenvalue weighted by Crippen LogP contribution is -2.39. The molecule has 0 radical (unpaired) electrons. The highest BCUT2D eigenvalue weighted by molar-refractivity contribution is 6.00. The third-order valence-corrected chi connectivity index (χ3v) is 4.65. The monoisotopic (exact) mass is 242 g/mol. The van der Waals surface area contributed by atoms with Crippen molar-refractivity contribution in [3.63, 3.8) is 0 Å². The smallest absolute Gasteiger partial charge is 0.128 e. The second-order valence-corrected chi connectivity index (χ2v) is 6.53. The number of nitrogens with zero attached hydrogens (tertiary/aromatic N) is 1. The molecule has 0 bridgehead atoms. The van der Waals surface area contributed by atoms with Gasteiger partial charge in [-0.25, -0.2) is 0 Å². The van der Waals surface area contributed by atoms with Gasteiger partial charge in [-0.2, -0.15) is 0 Å². The Kier molecular flexibility index (Phi) is 2.69. The Morgan fingerprint density at radius 3 is 2.50 bits per heavy atom. The van der Waals surface area contributed by atoms with Gasteiger partial charge in [-0.1, -0.05) is 38.1 Å². The van der Waals surface area contributed by atoms with E-state index in [2.05, 4.69) is 36.9 Å². The number of fused-ring (bicyclic) bond motifs is 1. The molecule has 1 aromatic carbocycles. The van der Waals surface area contributed by atoms with Crippen molar-refractivity contribution in [1.29, 1.82) is 5.41 Å². The maximum absolute atomic E-state index is 8.35. The van der Waals surface area contributed by atoms with Crippen molar-refractivity contribution < 1.29 is 0 Å². The van der Waals surface area contributed by atoms with E-state index >= 15 is 0 Å². The second-order valence-electron chi connectivity index (χ2n) is 6.53. The van der Waals surface area contributed by atoms with Crippen LogP contribution in [0.25, 0.3) is 0 Å². The maximum Gasteiger partial charge on any atom is 0.128 e. The van der Waals surface area contributed by atoms with Crippen LogP contribution in [0.4, 0.5) is 0 Å². The molecule has 0 spiro atoms. The molecule has 18 heavy (non-hydrogen) atoms. The van der Waals surface area contributed by atoms with E-state index in [1.165, 1.54) is 31.2 Å². The van der Waals surface area contributed by atoms with Crippen molar-refractivity contribution in [2.24, 2.45) is 5.41 Å². The molecule has 0 saturated heterocycles. The zero-order valence-electron chi connectivity index (χ0n) is 11.4. The lowest BCUT2D eigenvalue weighted by atomic mass is 9.75. The summed E-state index contributed by atoms with van der Waals surface area (Å²) in [7, 11) is 0. The van der Waals surface area contributed by atoms with E-state index in [1.807, 2.05) is 6.07 Å². The molecular weight excluding hydrogens is 220 g/mol. The normalized spacial score (nSPS) is 23.2. The SMILES string of the molecule is CC1(C)CCC(N2Cc3ccccc3C2=N)CC1. The molecule has 0 unspecified atom stereocenters. The number of amidine groups is 1. The highest BCUT2D eigenvalue weighted by atomic mass is 15.2. The van der Waals surface area contributed by atoms with Gasteiger partial charge in [0, 0.05) is 18.2 Å². The van der Waals surface area contributed by atoms with Crippen LogP contribution in [-0.4, -0.2) is 16.8 Å². The molecule has 1 heterocycles. The third-order valence-electron chi connectivity index (χ3n) is 4.65. The van der Waals surface area contributed by atoms with Gasteiger partial charge in [0.05, 0.1) is 0 Å². The molecule has 2 aliphatic rings. The van der Waals surface area contributed by atoms with Crippen LogP contribution in [0.5, 0.6) is 0 Å². The summed E-state index contributed by atoms with van der Waals surface area (Å²) in [5.41, 5.74) is 2.97. The molecule has 96 valence electrons. The number of nitrogens with one attached hydrogen (secondary N) is 1. The first-order chi connectivity index (χ1) is 8.57. The first-order valence-electron chi connectivity index (χ1n) is 7.00. The molecule has 2 nitrogen and oxygen atoms in total. The van der Waals surface area contributed by atoms with Crippen molar-refractivity contribution in [1.82, 2.24) is 4.90 Å². The van der Waals surface area contributed by atoms with E-state index in [9.17, 15) is 0 Å². The van der Waals surface area contributed by atoms with Gasteiger partial charge in [-0.3, -0.25) is 5.41 Å². The Hall–Kier alpha value is -1.31. The zero-order valence-corrected chi connectivity index (χ0v) is 11.4. The number of hydrogen-bond acceptors (Lipinski definition) is 1. The van der Waals surface area contributed by atoms with Crippen LogP contribution in [0.3, 0.4) is 0 Å². The second kappa shape index (κ2) is 4.11. The molecular formula is C16H22N2. The van der Waals surface area contributed by atoms with Crippen LogP contribution in [0.2, 0.25) is 0 Å². The lowest BCUT2D eigenvalue weighted by molar-refractivity contribution is 0.155. The lowest BCUT2D eigenvalue weighted by Gasteiger charge is -2.39. The van der Waals surface area contributed by atoms with Crippen molar-refractivity contribution in [2.75, 3.05) is 0 Å². The van der Waals surface area contributed by atoms with Gasteiger partial charge < -0.3 is 4.90 Å². The summed E-state index contributed by atoms with van der Waals surface area (Å²) in [5, 5.41) is 8.35. The zero-order chi connectivity index (χ0) is 12.8. The average molecular weight is 242 g/mol. The maximum atomic E-state index is 8.35. The van der Waals surface area contributed by atoms with E-state index in [-0.39, 0.29) is 0 Å². The summed E-state index contributed by atoms with van der Waals surface area (Å²) < 4.78 is 0. The van der Waals surface area contributed by atoms with E-state index in [1.54, 1.807) is 0 Å². The largest absolute Gasteiger partial charge is 0.349 e. The van der Waals surface area contributed by atoms with E-state index in [0.717, 1.165) is 17.9 Å². The van der Waals surface area contributed by atoms with Crippen molar-refractivity contribution in [3.05, 3.63) is 35.4 Å². The summed E-state index contributed by atoms with van der Waals surface area (Å²) in [6.07, 6.45) is 5.06. The highest BCUT2D eigenvalue weighted by Gasteiger charge is 2.34. The molecule has 1 aliphatic heterocycles. The Labute approximate surface area is 110 Å². The molecule has 1 aliphatic carbocycles. The van der Waals surface area contributed by atoms with Crippen LogP contribution < -0.4 is 0 Å². The molecule has 0 amide bonds. The Morgan fingerprint density at radius 1 is 1.17 bits per heavy atom. The highest BCUT2D eigenvalue weighted by Crippen LogP contribution is 2.39. The van der Waals surface area contributed by atoms with Crippen molar-refractivity contribution in [3.8, 4) is 0 Å². The van der Waals surface area contributed by atoms with Crippen LogP contribution in [0, 0.1) is 10.8 Å². The summed E-state index contributed by atoms with van der Waals surface area (Å²) in [4.78, 5) is 2.32. The van der Waals surface area contributed by atoms with Crippen LogP contribution in [0.15, 0.2) is 24.3 Å². The van der Waals surface area contributed by atoms with Crippen LogP contribution in [0.1, 0.15) is 50.7 Å². The fourth-order valence-corrected chi connectivity index (χ4v) is 3.31. The van der Waals surface area contributed by atoms with Gasteiger partial charge in [0.2, 0.25) is 0 Å². The summed E-state index contributed by atoms with van der Waals surface area (Å²) in [5.74, 6) is 0.746. The molecule has 1 saturated carbocycles. The molecule has 2 heteroatoms. The van der Waals surface area contributed by atoms with Gasteiger partial charge in [0.1, 0.15) is 5.84 Å². The molecule has 1 aromatic rings. The molecule has 1 fully saturated rings. The van der Waals surface area contributed by atoms with Crippen LogP contribution in [-0.2, 0) is 6.54 Å². The van der Waals surface area contributed by atoms with E-state index in [4.69, 9.17) is 5.41 Å². The van der Waals surface area contributed by atoms with Gasteiger partial charge in [0.15, 0.2) is 0 Å². The Bertz CT molecular complexity index is 466. The number of benzene rings is 1. The molecule has 1 N–H and O–H groups in total. The molecule has 3 rings (SSSR count).